The predicted octanol–water partition coefficient (Wildman–Crippen LogP) is 4.40. The molecule has 0 bridgehead atoms. The zero-order chi connectivity index (χ0) is 14.1. The highest BCUT2D eigenvalue weighted by atomic mass is 32.1. The molecule has 0 spiro atoms. The summed E-state index contributed by atoms with van der Waals surface area (Å²) < 4.78 is 0. The highest BCUT2D eigenvalue weighted by molar-refractivity contribution is 7.18. The number of anilines is 2. The van der Waals surface area contributed by atoms with Crippen molar-refractivity contribution in [2.45, 2.75) is 57.8 Å². The Morgan fingerprint density at radius 3 is 2.65 bits per heavy atom. The Kier molecular flexibility index (Phi) is 4.01. The van der Waals surface area contributed by atoms with E-state index in [1.807, 2.05) is 0 Å². The molecule has 4 heteroatoms. The average Bonchev–Trinajstić information content (AvgIpc) is 3.32. The molecule has 0 unspecified atom stereocenters. The molecule has 3 rings (SSSR count). The quantitative estimate of drug-likeness (QED) is 0.551. The SMILES string of the molecule is CCCCCNc1sc(C(=O)C2CC2)c(N)c1C1CC1. The molecule has 0 aliphatic heterocycles. The largest absolute Gasteiger partial charge is 0.397 e. The Labute approximate surface area is 124 Å². The molecule has 3 N–H and O–H groups in total. The number of carbonyl (C=O) groups is 1. The zero-order valence-corrected chi connectivity index (χ0v) is 13.0. The number of unbranched alkanes of at least 4 members (excludes halogenated alkanes) is 2. The molecule has 1 aromatic rings. The Morgan fingerprint density at radius 2 is 2.05 bits per heavy atom. The first-order valence-corrected chi connectivity index (χ1v) is 8.74. The first-order valence-electron chi connectivity index (χ1n) is 7.92. The van der Waals surface area contributed by atoms with Crippen LogP contribution >= 0.6 is 11.3 Å². The minimum absolute atomic E-state index is 0.260. The molecule has 2 saturated carbocycles. The van der Waals surface area contributed by atoms with Gasteiger partial charge in [-0.05, 0) is 38.0 Å². The van der Waals surface area contributed by atoms with E-state index in [1.54, 1.807) is 11.3 Å². The number of carbonyl (C=O) groups excluding carboxylic acids is 1. The van der Waals surface area contributed by atoms with Crippen LogP contribution in [0.25, 0.3) is 0 Å². The average molecular weight is 292 g/mol. The molecule has 0 aromatic carbocycles. The second-order valence-corrected chi connectivity index (χ2v) is 7.15. The summed E-state index contributed by atoms with van der Waals surface area (Å²) in [6.07, 6.45) is 8.21. The van der Waals surface area contributed by atoms with Crippen molar-refractivity contribution < 1.29 is 4.79 Å². The Hall–Kier alpha value is -1.03. The summed E-state index contributed by atoms with van der Waals surface area (Å²) >= 11 is 1.60. The van der Waals surface area contributed by atoms with Crippen LogP contribution in [0.3, 0.4) is 0 Å². The topological polar surface area (TPSA) is 55.1 Å². The molecule has 0 saturated heterocycles. The van der Waals surface area contributed by atoms with Gasteiger partial charge in [0, 0.05) is 18.0 Å². The highest BCUT2D eigenvalue weighted by Gasteiger charge is 2.37. The van der Waals surface area contributed by atoms with Crippen molar-refractivity contribution in [1.82, 2.24) is 0 Å². The van der Waals surface area contributed by atoms with Crippen LogP contribution in [0.15, 0.2) is 0 Å². The van der Waals surface area contributed by atoms with Gasteiger partial charge in [-0.3, -0.25) is 4.79 Å². The molecule has 0 atom stereocenters. The van der Waals surface area contributed by atoms with Gasteiger partial charge in [-0.15, -0.1) is 11.3 Å². The van der Waals surface area contributed by atoms with Gasteiger partial charge in [0.15, 0.2) is 5.78 Å². The summed E-state index contributed by atoms with van der Waals surface area (Å²) in [7, 11) is 0. The molecular weight excluding hydrogens is 268 g/mol. The molecule has 20 heavy (non-hydrogen) atoms. The molecule has 0 radical (unpaired) electrons. The molecule has 1 heterocycles. The maximum absolute atomic E-state index is 12.3. The first kappa shape index (κ1) is 13.9. The van der Waals surface area contributed by atoms with Gasteiger partial charge in [-0.25, -0.2) is 0 Å². The number of ketones is 1. The molecule has 110 valence electrons. The minimum Gasteiger partial charge on any atom is -0.397 e. The molecule has 0 amide bonds. The van der Waals surface area contributed by atoms with Gasteiger partial charge in [-0.2, -0.15) is 0 Å². The van der Waals surface area contributed by atoms with E-state index < -0.39 is 0 Å². The van der Waals surface area contributed by atoms with Crippen molar-refractivity contribution in [3.05, 3.63) is 10.4 Å². The van der Waals surface area contributed by atoms with E-state index in [0.717, 1.165) is 30.0 Å². The number of nitrogens with two attached hydrogens (primary N) is 1. The number of hydrogen-bond donors (Lipinski definition) is 2. The van der Waals surface area contributed by atoms with Crippen molar-refractivity contribution in [2.75, 3.05) is 17.6 Å². The molecule has 2 aliphatic rings. The van der Waals surface area contributed by atoms with Gasteiger partial charge in [0.1, 0.15) is 0 Å². The maximum atomic E-state index is 12.3. The van der Waals surface area contributed by atoms with E-state index in [-0.39, 0.29) is 11.7 Å². The number of Topliss-reactive ketones (excluding diaryl/α,β-unsaturated/α-hetero) is 1. The van der Waals surface area contributed by atoms with Gasteiger partial charge >= 0.3 is 0 Å². The third-order valence-corrected chi connectivity index (χ3v) is 5.40. The lowest BCUT2D eigenvalue weighted by Crippen LogP contribution is -2.03. The van der Waals surface area contributed by atoms with Gasteiger partial charge < -0.3 is 11.1 Å². The summed E-state index contributed by atoms with van der Waals surface area (Å²) in [5, 5.41) is 4.70. The summed E-state index contributed by atoms with van der Waals surface area (Å²) in [5.41, 5.74) is 8.32. The Morgan fingerprint density at radius 1 is 1.30 bits per heavy atom. The minimum atomic E-state index is 0.260. The van der Waals surface area contributed by atoms with Crippen molar-refractivity contribution in [3.63, 3.8) is 0 Å². The lowest BCUT2D eigenvalue weighted by Gasteiger charge is -2.06. The third-order valence-electron chi connectivity index (χ3n) is 4.21. The smallest absolute Gasteiger partial charge is 0.178 e. The predicted molar refractivity (Wildman–Crippen MR) is 85.8 cm³/mol. The lowest BCUT2D eigenvalue weighted by atomic mass is 10.1. The summed E-state index contributed by atoms with van der Waals surface area (Å²) in [6, 6.07) is 0. The fourth-order valence-electron chi connectivity index (χ4n) is 2.66. The van der Waals surface area contributed by atoms with E-state index in [2.05, 4.69) is 12.2 Å². The van der Waals surface area contributed by atoms with Crippen LogP contribution in [-0.2, 0) is 0 Å². The van der Waals surface area contributed by atoms with Crippen LogP contribution in [0.1, 0.15) is 73.0 Å². The maximum Gasteiger partial charge on any atom is 0.178 e. The fraction of sp³-hybridized carbons (Fsp3) is 0.688. The van der Waals surface area contributed by atoms with E-state index in [1.165, 1.54) is 42.7 Å². The lowest BCUT2D eigenvalue weighted by molar-refractivity contribution is 0.0972. The van der Waals surface area contributed by atoms with Gasteiger partial charge in [0.05, 0.1) is 15.6 Å². The summed E-state index contributed by atoms with van der Waals surface area (Å²) in [4.78, 5) is 13.1. The van der Waals surface area contributed by atoms with Crippen LogP contribution < -0.4 is 11.1 Å². The standard InChI is InChI=1S/C16H24N2OS/c1-2-3-4-9-18-16-12(10-5-6-10)13(17)15(20-16)14(19)11-7-8-11/h10-11,18H,2-9,17H2,1H3. The molecule has 2 fully saturated rings. The monoisotopic (exact) mass is 292 g/mol. The zero-order valence-electron chi connectivity index (χ0n) is 12.2. The number of thiophene rings is 1. The van der Waals surface area contributed by atoms with Gasteiger partial charge in [0.2, 0.25) is 0 Å². The van der Waals surface area contributed by atoms with Crippen LogP contribution in [0.4, 0.5) is 10.7 Å². The van der Waals surface area contributed by atoms with Crippen LogP contribution in [0.5, 0.6) is 0 Å². The van der Waals surface area contributed by atoms with E-state index in [9.17, 15) is 4.79 Å². The highest BCUT2D eigenvalue weighted by Crippen LogP contribution is 2.52. The number of nitrogen functional groups attached to an aromatic ring is 1. The van der Waals surface area contributed by atoms with E-state index >= 15 is 0 Å². The first-order chi connectivity index (χ1) is 9.72. The number of rotatable bonds is 8. The van der Waals surface area contributed by atoms with E-state index in [4.69, 9.17) is 5.73 Å². The molecule has 1 aromatic heterocycles. The van der Waals surface area contributed by atoms with Crippen LogP contribution in [-0.4, -0.2) is 12.3 Å². The molecule has 3 nitrogen and oxygen atoms in total. The van der Waals surface area contributed by atoms with Gasteiger partial charge in [0.25, 0.3) is 0 Å². The third kappa shape index (κ3) is 2.85. The number of nitrogens with one attached hydrogen (secondary N) is 1. The second-order valence-electron chi connectivity index (χ2n) is 6.13. The summed E-state index contributed by atoms with van der Waals surface area (Å²) in [5.74, 6) is 1.15. The van der Waals surface area contributed by atoms with Crippen molar-refractivity contribution in [3.8, 4) is 0 Å². The Bertz CT molecular complexity index is 501. The van der Waals surface area contributed by atoms with Crippen LogP contribution in [0.2, 0.25) is 0 Å². The molecular formula is C16H24N2OS. The van der Waals surface area contributed by atoms with Gasteiger partial charge in [-0.1, -0.05) is 19.8 Å². The summed E-state index contributed by atoms with van der Waals surface area (Å²) in [6.45, 7) is 3.20. The fourth-order valence-corrected chi connectivity index (χ4v) is 3.91. The normalized spacial score (nSPS) is 18.2. The second kappa shape index (κ2) is 5.76. The molecule has 2 aliphatic carbocycles. The number of hydrogen-bond acceptors (Lipinski definition) is 4. The van der Waals surface area contributed by atoms with E-state index in [0.29, 0.717) is 5.92 Å². The Balaban J connectivity index is 1.76. The van der Waals surface area contributed by atoms with Crippen molar-refractivity contribution >= 4 is 27.8 Å². The van der Waals surface area contributed by atoms with Crippen molar-refractivity contribution in [2.24, 2.45) is 5.92 Å². The van der Waals surface area contributed by atoms with Crippen molar-refractivity contribution in [1.29, 1.82) is 0 Å². The van der Waals surface area contributed by atoms with Crippen LogP contribution in [0, 0.1) is 5.92 Å².